The maximum absolute atomic E-state index is 10.6. The van der Waals surface area contributed by atoms with Crippen molar-refractivity contribution in [2.24, 2.45) is 0 Å². The van der Waals surface area contributed by atoms with Crippen molar-refractivity contribution in [3.05, 3.63) is 0 Å². The predicted octanol–water partition coefficient (Wildman–Crippen LogP) is -2.08. The van der Waals surface area contributed by atoms with Gasteiger partial charge in [-0.05, 0) is 0 Å². The Morgan fingerprint density at radius 2 is 1.47 bits per heavy atom. The molecule has 0 amide bonds. The van der Waals surface area contributed by atoms with E-state index >= 15 is 0 Å². The summed E-state index contributed by atoms with van der Waals surface area (Å²) in [7, 11) is -11.0. The van der Waals surface area contributed by atoms with E-state index < -0.39 is 38.6 Å². The minimum Gasteiger partial charge on any atom is -0.480 e. The number of carboxylic acids is 1. The Morgan fingerprint density at radius 1 is 1.13 bits per heavy atom. The summed E-state index contributed by atoms with van der Waals surface area (Å²) >= 11 is 0. The Kier molecular flexibility index (Phi) is 4.59. The molecule has 0 aromatic rings. The van der Waals surface area contributed by atoms with Gasteiger partial charge in [0.05, 0.1) is 6.61 Å². The van der Waals surface area contributed by atoms with Gasteiger partial charge in [0, 0.05) is 0 Å². The van der Waals surface area contributed by atoms with Gasteiger partial charge in [0.15, 0.2) is 6.04 Å². The largest absolute Gasteiger partial charge is 0.480 e. The molecule has 0 fully saturated rings. The summed E-state index contributed by atoms with van der Waals surface area (Å²) in [6.07, 6.45) is 0. The van der Waals surface area contributed by atoms with Crippen LogP contribution in [0, 0.1) is 0 Å². The molecule has 0 spiro atoms. The third-order valence-corrected chi connectivity index (χ3v) is 4.29. The minimum absolute atomic E-state index is 0.845. The van der Waals surface area contributed by atoms with Crippen molar-refractivity contribution >= 4 is 21.5 Å². The van der Waals surface area contributed by atoms with Gasteiger partial charge < -0.3 is 29.8 Å². The molecule has 90 valence electrons. The summed E-state index contributed by atoms with van der Waals surface area (Å²) in [5.41, 5.74) is 0. The molecule has 0 aromatic carbocycles. The molecule has 0 aliphatic heterocycles. The van der Waals surface area contributed by atoms with Crippen molar-refractivity contribution in [3.8, 4) is 0 Å². The van der Waals surface area contributed by atoms with Gasteiger partial charge in [-0.1, -0.05) is 4.44 Å². The zero-order chi connectivity index (χ0) is 12.4. The number of hydrogen-bond donors (Lipinski definition) is 6. The van der Waals surface area contributed by atoms with Crippen LogP contribution in [0.4, 0.5) is 0 Å². The summed E-state index contributed by atoms with van der Waals surface area (Å²) in [4.78, 5) is 44.5. The summed E-state index contributed by atoms with van der Waals surface area (Å²) in [6, 6.07) is -2.38. The molecular formula is C3H9NO9P2. The van der Waals surface area contributed by atoms with Gasteiger partial charge in [-0.3, -0.25) is 4.79 Å². The zero-order valence-corrected chi connectivity index (χ0v) is 8.82. The first-order valence-corrected chi connectivity index (χ1v) is 6.39. The van der Waals surface area contributed by atoms with Gasteiger partial charge in [-0.25, -0.2) is 9.13 Å². The first-order valence-electron chi connectivity index (χ1n) is 3.26. The first kappa shape index (κ1) is 14.7. The van der Waals surface area contributed by atoms with Crippen molar-refractivity contribution in [3.63, 3.8) is 0 Å². The zero-order valence-electron chi connectivity index (χ0n) is 7.03. The van der Waals surface area contributed by atoms with Crippen LogP contribution < -0.4 is 0 Å². The lowest BCUT2D eigenvalue weighted by Gasteiger charge is -2.27. The average Bonchev–Trinajstić information content (AvgIpc) is 1.93. The number of carbonyl (C=O) groups is 1. The quantitative estimate of drug-likeness (QED) is 0.302. The summed E-state index contributed by atoms with van der Waals surface area (Å²) < 4.78 is 20.4. The molecule has 0 aliphatic carbocycles. The van der Waals surface area contributed by atoms with E-state index in [0.717, 1.165) is 0 Å². The summed E-state index contributed by atoms with van der Waals surface area (Å²) in [5.74, 6) is -1.97. The fraction of sp³-hybridized carbons (Fsp3) is 0.667. The van der Waals surface area contributed by atoms with Crippen LogP contribution >= 0.6 is 15.5 Å². The number of aliphatic carboxylic acids is 1. The van der Waals surface area contributed by atoms with E-state index in [4.69, 9.17) is 29.8 Å². The predicted molar refractivity (Wildman–Crippen MR) is 44.4 cm³/mol. The second-order valence-electron chi connectivity index (χ2n) is 2.38. The van der Waals surface area contributed by atoms with E-state index in [1.54, 1.807) is 0 Å². The molecule has 0 rings (SSSR count). The monoisotopic (exact) mass is 265 g/mol. The number of carboxylic acid groups (broad SMARTS) is 1. The first-order chi connectivity index (χ1) is 6.51. The van der Waals surface area contributed by atoms with Crippen LogP contribution in [0.3, 0.4) is 0 Å². The Bertz CT molecular complexity index is 306. The molecule has 0 saturated heterocycles. The molecule has 12 heteroatoms. The van der Waals surface area contributed by atoms with Crippen molar-refractivity contribution < 1.29 is 43.7 Å². The normalized spacial score (nSPS) is 15.3. The molecule has 6 N–H and O–H groups in total. The van der Waals surface area contributed by atoms with Gasteiger partial charge in [0.25, 0.3) is 0 Å². The smallest absolute Gasteiger partial charge is 0.413 e. The van der Waals surface area contributed by atoms with Crippen molar-refractivity contribution in [1.29, 1.82) is 0 Å². The molecular weight excluding hydrogens is 256 g/mol. The molecule has 10 nitrogen and oxygen atoms in total. The standard InChI is InChI=1S/C3H9NO9P2/c5-1-2(3(6)7)4(14(8,9)10)15(11,12)13/h2,5H,1H2,(H,6,7)(H2,8,9,10)(H2,11,12,13)/t2-/m0/s1. The van der Waals surface area contributed by atoms with Crippen molar-refractivity contribution in [2.45, 2.75) is 6.04 Å². The highest BCUT2D eigenvalue weighted by molar-refractivity contribution is 7.65. The topological polar surface area (TPSA) is 176 Å². The molecule has 0 aliphatic rings. The lowest BCUT2D eigenvalue weighted by molar-refractivity contribution is -0.142. The average molecular weight is 265 g/mol. The fourth-order valence-corrected chi connectivity index (χ4v) is 3.05. The van der Waals surface area contributed by atoms with Crippen LogP contribution in [0.1, 0.15) is 0 Å². The molecule has 0 heterocycles. The number of hydrogen-bond acceptors (Lipinski definition) is 4. The molecule has 0 saturated carbocycles. The second kappa shape index (κ2) is 4.69. The Morgan fingerprint density at radius 3 is 1.53 bits per heavy atom. The van der Waals surface area contributed by atoms with Gasteiger partial charge in [0.2, 0.25) is 0 Å². The van der Waals surface area contributed by atoms with Crippen molar-refractivity contribution in [2.75, 3.05) is 6.61 Å². The SMILES string of the molecule is O=C(O)[C@H](CO)N(P(=O)(O)O)P(=O)(O)O. The van der Waals surface area contributed by atoms with Crippen molar-refractivity contribution in [1.82, 2.24) is 4.44 Å². The number of rotatable bonds is 5. The Balaban J connectivity index is 5.40. The molecule has 0 radical (unpaired) electrons. The van der Waals surface area contributed by atoms with E-state index in [1.807, 2.05) is 0 Å². The highest BCUT2D eigenvalue weighted by Gasteiger charge is 2.48. The van der Waals surface area contributed by atoms with Gasteiger partial charge in [0.1, 0.15) is 0 Å². The minimum atomic E-state index is -5.49. The number of nitrogens with zero attached hydrogens (tertiary/aromatic N) is 1. The van der Waals surface area contributed by atoms with Gasteiger partial charge >= 0.3 is 21.5 Å². The Labute approximate surface area is 83.2 Å². The van der Waals surface area contributed by atoms with Gasteiger partial charge in [-0.15, -0.1) is 0 Å². The van der Waals surface area contributed by atoms with Crippen LogP contribution in [-0.4, -0.2) is 52.8 Å². The van der Waals surface area contributed by atoms with Crippen LogP contribution in [0.15, 0.2) is 0 Å². The lowest BCUT2D eigenvalue weighted by Crippen LogP contribution is -2.39. The molecule has 0 bridgehead atoms. The van der Waals surface area contributed by atoms with Crippen LogP contribution in [0.25, 0.3) is 0 Å². The fourth-order valence-electron chi connectivity index (χ4n) is 0.765. The third-order valence-electron chi connectivity index (χ3n) is 1.27. The van der Waals surface area contributed by atoms with Crippen LogP contribution in [-0.2, 0) is 13.9 Å². The van der Waals surface area contributed by atoms with E-state index in [-0.39, 0.29) is 0 Å². The highest BCUT2D eigenvalue weighted by Crippen LogP contribution is 2.59. The van der Waals surface area contributed by atoms with Crippen LogP contribution in [0.5, 0.6) is 0 Å². The Hall–Kier alpha value is -0.310. The third kappa shape index (κ3) is 3.98. The van der Waals surface area contributed by atoms with Gasteiger partial charge in [-0.2, -0.15) is 0 Å². The molecule has 0 aromatic heterocycles. The van der Waals surface area contributed by atoms with Crippen LogP contribution in [0.2, 0.25) is 0 Å². The van der Waals surface area contributed by atoms with E-state index in [1.165, 1.54) is 0 Å². The second-order valence-corrected chi connectivity index (χ2v) is 5.61. The highest BCUT2D eigenvalue weighted by atomic mass is 31.3. The van der Waals surface area contributed by atoms with E-state index in [2.05, 4.69) is 0 Å². The molecule has 15 heavy (non-hydrogen) atoms. The van der Waals surface area contributed by atoms with E-state index in [9.17, 15) is 13.9 Å². The lowest BCUT2D eigenvalue weighted by atomic mass is 10.3. The maximum atomic E-state index is 10.6. The number of aliphatic hydroxyl groups excluding tert-OH is 1. The number of aliphatic hydroxyl groups is 1. The molecule has 0 unspecified atom stereocenters. The molecule has 1 atom stereocenters. The summed E-state index contributed by atoms with van der Waals surface area (Å²) in [5, 5.41) is 16.9. The van der Waals surface area contributed by atoms with E-state index in [0.29, 0.717) is 0 Å². The maximum Gasteiger partial charge on any atom is 0.413 e. The summed E-state index contributed by atoms with van der Waals surface area (Å²) in [6.45, 7) is -1.36.